The largest absolute Gasteiger partial charge is 0.342 e. The molecule has 19 heavy (non-hydrogen) atoms. The maximum absolute atomic E-state index is 12.4. The van der Waals surface area contributed by atoms with Crippen LogP contribution < -0.4 is 5.73 Å². The Morgan fingerprint density at radius 1 is 1.11 bits per heavy atom. The molecule has 4 saturated carbocycles. The molecule has 0 saturated heterocycles. The van der Waals surface area contributed by atoms with E-state index in [-0.39, 0.29) is 5.91 Å². The maximum atomic E-state index is 12.4. The first kappa shape index (κ1) is 13.4. The van der Waals surface area contributed by atoms with E-state index in [1.807, 2.05) is 20.9 Å². The molecule has 0 atom stereocenters. The fourth-order valence-corrected chi connectivity index (χ4v) is 5.21. The third-order valence-corrected chi connectivity index (χ3v) is 5.62. The molecule has 0 aromatic rings. The molecule has 4 fully saturated rings. The van der Waals surface area contributed by atoms with Crippen LogP contribution in [0.1, 0.15) is 52.4 Å². The lowest BCUT2D eigenvalue weighted by Crippen LogP contribution is -2.57. The summed E-state index contributed by atoms with van der Waals surface area (Å²) in [5.74, 6) is 3.71. The molecule has 0 radical (unpaired) electrons. The van der Waals surface area contributed by atoms with E-state index in [1.54, 1.807) is 0 Å². The highest BCUT2D eigenvalue weighted by Gasteiger charge is 2.50. The van der Waals surface area contributed by atoms with Gasteiger partial charge in [0.25, 0.3) is 0 Å². The molecule has 0 heterocycles. The van der Waals surface area contributed by atoms with Gasteiger partial charge in [-0.25, -0.2) is 0 Å². The van der Waals surface area contributed by atoms with Crippen LogP contribution >= 0.6 is 0 Å². The highest BCUT2D eigenvalue weighted by Crippen LogP contribution is 2.55. The molecule has 0 aromatic heterocycles. The van der Waals surface area contributed by atoms with E-state index >= 15 is 0 Å². The normalized spacial score (nSPS) is 40.5. The third-order valence-electron chi connectivity index (χ3n) is 5.62. The first-order valence-electron chi connectivity index (χ1n) is 7.88. The average molecular weight is 264 g/mol. The third kappa shape index (κ3) is 2.54. The summed E-state index contributed by atoms with van der Waals surface area (Å²) in [5, 5.41) is 0. The Hall–Kier alpha value is -0.570. The second-order valence-electron chi connectivity index (χ2n) is 8.09. The summed E-state index contributed by atoms with van der Waals surface area (Å²) in [4.78, 5) is 14.5. The first-order chi connectivity index (χ1) is 8.83. The lowest BCUT2D eigenvalue weighted by molar-refractivity contribution is -0.142. The minimum atomic E-state index is -0.392. The molecule has 108 valence electrons. The van der Waals surface area contributed by atoms with Gasteiger partial charge < -0.3 is 10.6 Å². The van der Waals surface area contributed by atoms with Gasteiger partial charge in [-0.15, -0.1) is 0 Å². The van der Waals surface area contributed by atoms with Crippen molar-refractivity contribution in [2.45, 2.75) is 64.0 Å². The molecular formula is C16H28N2O. The molecule has 3 heteroatoms. The summed E-state index contributed by atoms with van der Waals surface area (Å²) < 4.78 is 0. The van der Waals surface area contributed by atoms with Crippen molar-refractivity contribution in [1.82, 2.24) is 4.90 Å². The summed E-state index contributed by atoms with van der Waals surface area (Å²) in [6.07, 6.45) is 7.38. The molecule has 0 spiro atoms. The number of hydrogen-bond acceptors (Lipinski definition) is 2. The Labute approximate surface area is 116 Å². The van der Waals surface area contributed by atoms with Gasteiger partial charge in [0.15, 0.2) is 0 Å². The quantitative estimate of drug-likeness (QED) is 0.851. The summed E-state index contributed by atoms with van der Waals surface area (Å²) in [6, 6.07) is 0.502. The van der Waals surface area contributed by atoms with Gasteiger partial charge in [-0.3, -0.25) is 4.79 Å². The van der Waals surface area contributed by atoms with Crippen LogP contribution in [0.4, 0.5) is 0 Å². The minimum Gasteiger partial charge on any atom is -0.342 e. The second kappa shape index (κ2) is 4.47. The van der Waals surface area contributed by atoms with Crippen molar-refractivity contribution in [3.63, 3.8) is 0 Å². The smallest absolute Gasteiger partial charge is 0.224 e. The molecule has 4 rings (SSSR count). The van der Waals surface area contributed by atoms with Crippen molar-refractivity contribution in [1.29, 1.82) is 0 Å². The van der Waals surface area contributed by atoms with E-state index in [2.05, 4.69) is 4.90 Å². The average Bonchev–Trinajstić information content (AvgIpc) is 2.24. The van der Waals surface area contributed by atoms with Crippen LogP contribution in [-0.4, -0.2) is 29.4 Å². The monoisotopic (exact) mass is 264 g/mol. The number of carbonyl (C=O) groups excluding carboxylic acids is 1. The van der Waals surface area contributed by atoms with Crippen LogP contribution in [-0.2, 0) is 4.79 Å². The predicted octanol–water partition coefficient (Wildman–Crippen LogP) is 2.40. The van der Waals surface area contributed by atoms with Crippen LogP contribution in [0, 0.1) is 23.7 Å². The van der Waals surface area contributed by atoms with Crippen molar-refractivity contribution in [2.24, 2.45) is 29.4 Å². The molecule has 1 amide bonds. The lowest BCUT2D eigenvalue weighted by atomic mass is 9.54. The Morgan fingerprint density at radius 2 is 1.58 bits per heavy atom. The molecule has 3 nitrogen and oxygen atoms in total. The van der Waals surface area contributed by atoms with Crippen LogP contribution in [0.2, 0.25) is 0 Å². The van der Waals surface area contributed by atoms with Gasteiger partial charge >= 0.3 is 0 Å². The summed E-state index contributed by atoms with van der Waals surface area (Å²) >= 11 is 0. The van der Waals surface area contributed by atoms with Crippen molar-refractivity contribution in [3.05, 3.63) is 0 Å². The van der Waals surface area contributed by atoms with Crippen LogP contribution in [0.25, 0.3) is 0 Å². The Morgan fingerprint density at radius 3 is 2.00 bits per heavy atom. The van der Waals surface area contributed by atoms with Crippen molar-refractivity contribution in [2.75, 3.05) is 7.05 Å². The highest BCUT2D eigenvalue weighted by atomic mass is 16.2. The molecule has 4 bridgehead atoms. The summed E-state index contributed by atoms with van der Waals surface area (Å²) in [7, 11) is 2.01. The zero-order chi connectivity index (χ0) is 13.8. The fourth-order valence-electron chi connectivity index (χ4n) is 5.21. The van der Waals surface area contributed by atoms with E-state index in [9.17, 15) is 4.79 Å². The molecule has 2 N–H and O–H groups in total. The van der Waals surface area contributed by atoms with Crippen molar-refractivity contribution < 1.29 is 4.79 Å². The first-order valence-corrected chi connectivity index (χ1v) is 7.88. The molecule has 0 unspecified atom stereocenters. The number of rotatable bonds is 3. The molecule has 0 aromatic carbocycles. The van der Waals surface area contributed by atoms with Crippen molar-refractivity contribution >= 4 is 5.91 Å². The van der Waals surface area contributed by atoms with Gasteiger partial charge in [0.05, 0.1) is 0 Å². The van der Waals surface area contributed by atoms with Gasteiger partial charge in [0, 0.05) is 25.0 Å². The van der Waals surface area contributed by atoms with Crippen LogP contribution in [0.5, 0.6) is 0 Å². The van der Waals surface area contributed by atoms with Gasteiger partial charge in [0.2, 0.25) is 5.91 Å². The SMILES string of the molecule is CN(C(=O)CC(C)(C)N)C1C2CC3CC(C2)CC1C3. The van der Waals surface area contributed by atoms with Crippen molar-refractivity contribution in [3.8, 4) is 0 Å². The minimum absolute atomic E-state index is 0.241. The van der Waals surface area contributed by atoms with Gasteiger partial charge in [-0.05, 0) is 69.6 Å². The summed E-state index contributed by atoms with van der Waals surface area (Å²) in [5.41, 5.74) is 5.61. The number of carbonyl (C=O) groups is 1. The zero-order valence-corrected chi connectivity index (χ0v) is 12.6. The molecule has 4 aliphatic carbocycles. The number of nitrogens with zero attached hydrogens (tertiary/aromatic N) is 1. The Bertz CT molecular complexity index is 343. The van der Waals surface area contributed by atoms with Gasteiger partial charge in [0.1, 0.15) is 0 Å². The predicted molar refractivity (Wildman–Crippen MR) is 76.5 cm³/mol. The van der Waals surface area contributed by atoms with E-state index in [1.165, 1.54) is 32.1 Å². The van der Waals surface area contributed by atoms with E-state index in [0.717, 1.165) is 23.7 Å². The van der Waals surface area contributed by atoms with E-state index in [4.69, 9.17) is 5.73 Å². The topological polar surface area (TPSA) is 46.3 Å². The van der Waals surface area contributed by atoms with Crippen LogP contribution in [0.3, 0.4) is 0 Å². The van der Waals surface area contributed by atoms with E-state index in [0.29, 0.717) is 12.5 Å². The Kier molecular flexibility index (Phi) is 3.16. The van der Waals surface area contributed by atoms with Gasteiger partial charge in [-0.2, -0.15) is 0 Å². The maximum Gasteiger partial charge on any atom is 0.224 e. The van der Waals surface area contributed by atoms with Gasteiger partial charge in [-0.1, -0.05) is 0 Å². The lowest BCUT2D eigenvalue weighted by Gasteiger charge is -2.56. The standard InChI is InChI=1S/C16H28N2O/c1-16(2,17)9-14(19)18(3)15-12-5-10-4-11(7-12)8-13(15)6-10/h10-13,15H,4-9,17H2,1-3H3. The van der Waals surface area contributed by atoms with E-state index < -0.39 is 5.54 Å². The molecule has 4 aliphatic rings. The number of hydrogen-bond donors (Lipinski definition) is 1. The molecular weight excluding hydrogens is 236 g/mol. The fraction of sp³-hybridized carbons (Fsp3) is 0.938. The Balaban J connectivity index is 1.70. The molecule has 0 aliphatic heterocycles. The number of amides is 1. The zero-order valence-electron chi connectivity index (χ0n) is 12.6. The second-order valence-corrected chi connectivity index (χ2v) is 8.09. The van der Waals surface area contributed by atoms with Crippen LogP contribution in [0.15, 0.2) is 0 Å². The summed E-state index contributed by atoms with van der Waals surface area (Å²) in [6.45, 7) is 3.88. The number of nitrogens with two attached hydrogens (primary N) is 1. The highest BCUT2D eigenvalue weighted by molar-refractivity contribution is 5.77.